The number of nitrogens with zero attached hydrogens (tertiary/aromatic N) is 1. The number of hydrogen-bond acceptors (Lipinski definition) is 4. The van der Waals surface area contributed by atoms with Gasteiger partial charge >= 0.3 is 5.97 Å². The summed E-state index contributed by atoms with van der Waals surface area (Å²) >= 11 is 0. The number of methoxy groups -OCH3 is 1. The van der Waals surface area contributed by atoms with Crippen LogP contribution in [0.3, 0.4) is 0 Å². The Morgan fingerprint density at radius 2 is 1.95 bits per heavy atom. The van der Waals surface area contributed by atoms with Crippen LogP contribution in [-0.2, 0) is 4.74 Å². The first-order valence-electron chi connectivity index (χ1n) is 6.58. The van der Waals surface area contributed by atoms with E-state index in [1.54, 1.807) is 41.3 Å². The normalized spacial score (nSPS) is 10.2. The zero-order chi connectivity index (χ0) is 15.4. The summed E-state index contributed by atoms with van der Waals surface area (Å²) in [4.78, 5) is 13.4. The van der Waals surface area contributed by atoms with E-state index in [1.165, 1.54) is 13.2 Å². The molecule has 2 aromatic carbocycles. The highest BCUT2D eigenvalue weighted by atomic mass is 19.1. The summed E-state index contributed by atoms with van der Waals surface area (Å²) in [5.74, 6) is -0.803. The third-order valence-electron chi connectivity index (χ3n) is 3.20. The van der Waals surface area contributed by atoms with Crippen LogP contribution >= 0.6 is 0 Å². The lowest BCUT2D eigenvalue weighted by atomic mass is 10.1. The first-order valence-corrected chi connectivity index (χ1v) is 6.58. The lowest BCUT2D eigenvalue weighted by Gasteiger charge is -2.25. The van der Waals surface area contributed by atoms with Crippen LogP contribution in [0.5, 0.6) is 0 Å². The Hall–Kier alpha value is -2.56. The second-order valence-corrected chi connectivity index (χ2v) is 4.46. The second kappa shape index (κ2) is 6.26. The molecule has 0 saturated carbocycles. The van der Waals surface area contributed by atoms with Gasteiger partial charge in [0, 0.05) is 6.54 Å². The van der Waals surface area contributed by atoms with Crippen LogP contribution in [0.2, 0.25) is 0 Å². The fourth-order valence-electron chi connectivity index (χ4n) is 2.16. The van der Waals surface area contributed by atoms with Gasteiger partial charge in [0.1, 0.15) is 5.82 Å². The van der Waals surface area contributed by atoms with E-state index in [1.807, 2.05) is 6.92 Å². The van der Waals surface area contributed by atoms with Gasteiger partial charge < -0.3 is 15.4 Å². The molecular weight excluding hydrogens is 271 g/mol. The largest absolute Gasteiger partial charge is 0.465 e. The minimum absolute atomic E-state index is 0.345. The molecule has 0 aliphatic carbocycles. The molecule has 0 bridgehead atoms. The van der Waals surface area contributed by atoms with E-state index in [4.69, 9.17) is 10.5 Å². The molecule has 0 aromatic heterocycles. The van der Waals surface area contributed by atoms with E-state index in [9.17, 15) is 9.18 Å². The number of carbonyl (C=O) groups is 1. The summed E-state index contributed by atoms with van der Waals surface area (Å²) < 4.78 is 18.7. The Bertz CT molecular complexity index is 658. The summed E-state index contributed by atoms with van der Waals surface area (Å²) in [5, 5.41) is 0. The minimum atomic E-state index is -0.458. The number of ether oxygens (including phenoxy) is 1. The molecule has 0 unspecified atom stereocenters. The average Bonchev–Trinajstić information content (AvgIpc) is 2.50. The molecule has 0 radical (unpaired) electrons. The van der Waals surface area contributed by atoms with Crippen molar-refractivity contribution < 1.29 is 13.9 Å². The Morgan fingerprint density at radius 1 is 1.24 bits per heavy atom. The van der Waals surface area contributed by atoms with Crippen LogP contribution in [0.25, 0.3) is 0 Å². The number of nitrogen functional groups attached to an aromatic ring is 1. The predicted molar refractivity (Wildman–Crippen MR) is 81.3 cm³/mol. The summed E-state index contributed by atoms with van der Waals surface area (Å²) in [6.45, 7) is 2.40. The monoisotopic (exact) mass is 288 g/mol. The van der Waals surface area contributed by atoms with Crippen LogP contribution in [0.4, 0.5) is 21.5 Å². The second-order valence-electron chi connectivity index (χ2n) is 4.46. The number of hydrogen-bond donors (Lipinski definition) is 1. The van der Waals surface area contributed by atoms with Crippen LogP contribution in [0.15, 0.2) is 42.5 Å². The fourth-order valence-corrected chi connectivity index (χ4v) is 2.16. The van der Waals surface area contributed by atoms with Gasteiger partial charge in [-0.3, -0.25) is 0 Å². The first-order chi connectivity index (χ1) is 10.1. The van der Waals surface area contributed by atoms with Gasteiger partial charge in [-0.1, -0.05) is 12.1 Å². The maximum Gasteiger partial charge on any atom is 0.337 e. The number of esters is 1. The standard InChI is InChI=1S/C16H17FN2O2/c1-3-19(14-7-5-4-6-12(14)17)15-10-11(16(20)21-2)8-9-13(15)18/h4-10H,3,18H2,1-2H3. The SMILES string of the molecule is CCN(c1cc(C(=O)OC)ccc1N)c1ccccc1F. The third-order valence-corrected chi connectivity index (χ3v) is 3.20. The molecule has 2 rings (SSSR count). The molecule has 0 atom stereocenters. The summed E-state index contributed by atoms with van der Waals surface area (Å²) in [6.07, 6.45) is 0. The van der Waals surface area contributed by atoms with Crippen LogP contribution in [0, 0.1) is 5.82 Å². The lowest BCUT2D eigenvalue weighted by molar-refractivity contribution is 0.0601. The van der Waals surface area contributed by atoms with Crippen molar-refractivity contribution in [1.29, 1.82) is 0 Å². The average molecular weight is 288 g/mol. The Labute approximate surface area is 122 Å². The van der Waals surface area contributed by atoms with Gasteiger partial charge in [0.15, 0.2) is 0 Å². The van der Waals surface area contributed by atoms with Gasteiger partial charge in [0.05, 0.1) is 29.7 Å². The summed E-state index contributed by atoms with van der Waals surface area (Å²) in [6, 6.07) is 11.2. The molecule has 21 heavy (non-hydrogen) atoms. The van der Waals surface area contributed by atoms with Crippen molar-refractivity contribution in [1.82, 2.24) is 0 Å². The zero-order valence-corrected chi connectivity index (χ0v) is 12.0. The molecule has 4 nitrogen and oxygen atoms in total. The van der Waals surface area contributed by atoms with Crippen LogP contribution in [-0.4, -0.2) is 19.6 Å². The van der Waals surface area contributed by atoms with E-state index < -0.39 is 5.97 Å². The van der Waals surface area contributed by atoms with E-state index in [-0.39, 0.29) is 5.82 Å². The number of carbonyl (C=O) groups excluding carboxylic acids is 1. The molecule has 2 N–H and O–H groups in total. The molecule has 0 aliphatic rings. The van der Waals surface area contributed by atoms with Crippen molar-refractivity contribution in [2.45, 2.75) is 6.92 Å². The Morgan fingerprint density at radius 3 is 2.57 bits per heavy atom. The van der Waals surface area contributed by atoms with Gasteiger partial charge in [-0.2, -0.15) is 0 Å². The van der Waals surface area contributed by atoms with Crippen molar-refractivity contribution >= 4 is 23.0 Å². The quantitative estimate of drug-likeness (QED) is 0.692. The molecule has 0 aliphatic heterocycles. The van der Waals surface area contributed by atoms with Crippen molar-refractivity contribution in [2.24, 2.45) is 0 Å². The van der Waals surface area contributed by atoms with Crippen LogP contribution < -0.4 is 10.6 Å². The number of halogens is 1. The number of nitrogens with two attached hydrogens (primary N) is 1. The van der Waals surface area contributed by atoms with E-state index in [2.05, 4.69) is 0 Å². The lowest BCUT2D eigenvalue weighted by Crippen LogP contribution is -2.19. The number of benzene rings is 2. The number of para-hydroxylation sites is 1. The Balaban J connectivity index is 2.52. The van der Waals surface area contributed by atoms with E-state index in [0.717, 1.165) is 0 Å². The van der Waals surface area contributed by atoms with E-state index in [0.29, 0.717) is 29.2 Å². The van der Waals surface area contributed by atoms with Gasteiger partial charge in [-0.05, 0) is 37.3 Å². The maximum atomic E-state index is 14.0. The highest BCUT2D eigenvalue weighted by molar-refractivity contribution is 5.92. The highest BCUT2D eigenvalue weighted by Crippen LogP contribution is 2.32. The topological polar surface area (TPSA) is 55.6 Å². The first kappa shape index (κ1) is 14.8. The zero-order valence-electron chi connectivity index (χ0n) is 12.0. The fraction of sp³-hybridized carbons (Fsp3) is 0.188. The molecular formula is C16H17FN2O2. The van der Waals surface area contributed by atoms with Crippen molar-refractivity contribution in [3.05, 3.63) is 53.8 Å². The molecule has 0 spiro atoms. The van der Waals surface area contributed by atoms with Crippen LogP contribution in [0.1, 0.15) is 17.3 Å². The van der Waals surface area contributed by atoms with Gasteiger partial charge in [0.2, 0.25) is 0 Å². The molecule has 0 fully saturated rings. The molecule has 5 heteroatoms. The third kappa shape index (κ3) is 2.97. The maximum absolute atomic E-state index is 14.0. The number of rotatable bonds is 4. The summed E-state index contributed by atoms with van der Waals surface area (Å²) in [5.41, 5.74) is 7.80. The molecule has 110 valence electrons. The molecule has 0 amide bonds. The predicted octanol–water partition coefficient (Wildman–Crippen LogP) is 3.35. The minimum Gasteiger partial charge on any atom is -0.465 e. The molecule has 2 aromatic rings. The van der Waals surface area contributed by atoms with Crippen molar-refractivity contribution in [3.63, 3.8) is 0 Å². The number of anilines is 3. The molecule has 0 heterocycles. The van der Waals surface area contributed by atoms with Gasteiger partial charge in [0.25, 0.3) is 0 Å². The smallest absolute Gasteiger partial charge is 0.337 e. The Kier molecular flexibility index (Phi) is 4.42. The van der Waals surface area contributed by atoms with Gasteiger partial charge in [-0.25, -0.2) is 9.18 Å². The van der Waals surface area contributed by atoms with Crippen molar-refractivity contribution in [2.75, 3.05) is 24.3 Å². The molecule has 0 saturated heterocycles. The van der Waals surface area contributed by atoms with Gasteiger partial charge in [-0.15, -0.1) is 0 Å². The highest BCUT2D eigenvalue weighted by Gasteiger charge is 2.16. The summed E-state index contributed by atoms with van der Waals surface area (Å²) in [7, 11) is 1.31. The van der Waals surface area contributed by atoms with Crippen molar-refractivity contribution in [3.8, 4) is 0 Å². The van der Waals surface area contributed by atoms with E-state index >= 15 is 0 Å².